The third kappa shape index (κ3) is 8.43. The Kier molecular flexibility index (Phi) is 11.0. The first-order chi connectivity index (χ1) is 13.4. The summed E-state index contributed by atoms with van der Waals surface area (Å²) in [5.74, 6) is 0. The number of carbonyl (C=O) groups is 2. The summed E-state index contributed by atoms with van der Waals surface area (Å²) in [5.41, 5.74) is 0. The molecule has 0 heterocycles. The number of hydrogen-bond donors (Lipinski definition) is 0. The Labute approximate surface area is 190 Å². The zero-order valence-corrected chi connectivity index (χ0v) is 20.6. The van der Waals surface area contributed by atoms with Gasteiger partial charge in [0.1, 0.15) is 0 Å². The standard InChI is InChI=1S/C18H20O4S6/c1-11(2)21-23-17(19)27-25-15-9-10-16(14-8-6-5-7-13(14)15)26-28-18(20)24-22-12(3)4/h5-12H,1-4H3. The molecule has 4 nitrogen and oxygen atoms in total. The van der Waals surface area contributed by atoms with Crippen LogP contribution in [0.3, 0.4) is 0 Å². The lowest BCUT2D eigenvalue weighted by Gasteiger charge is -2.10. The Bertz CT molecular complexity index is 745. The SMILES string of the molecule is CC(C)OSC(=O)SSc1ccc(SSC(=O)SOC(C)C)c2ccccc12. The van der Waals surface area contributed by atoms with Crippen LogP contribution in [0.2, 0.25) is 0 Å². The van der Waals surface area contributed by atoms with Gasteiger partial charge in [0.2, 0.25) is 0 Å². The Morgan fingerprint density at radius 3 is 1.46 bits per heavy atom. The van der Waals surface area contributed by atoms with Gasteiger partial charge >= 0.3 is 0 Å². The van der Waals surface area contributed by atoms with Gasteiger partial charge in [-0.15, -0.1) is 0 Å². The van der Waals surface area contributed by atoms with Gasteiger partial charge in [-0.1, -0.05) is 24.3 Å². The van der Waals surface area contributed by atoms with E-state index in [9.17, 15) is 9.59 Å². The van der Waals surface area contributed by atoms with Gasteiger partial charge in [-0.3, -0.25) is 9.59 Å². The minimum Gasteiger partial charge on any atom is -0.305 e. The second-order valence-electron chi connectivity index (χ2n) is 5.90. The summed E-state index contributed by atoms with van der Waals surface area (Å²) in [6.45, 7) is 7.55. The zero-order chi connectivity index (χ0) is 20.5. The maximum absolute atomic E-state index is 11.9. The first-order valence-corrected chi connectivity index (χ1v) is 14.1. The van der Waals surface area contributed by atoms with Crippen LogP contribution in [0.4, 0.5) is 9.59 Å². The van der Waals surface area contributed by atoms with Crippen LogP contribution < -0.4 is 0 Å². The molecule has 2 aromatic carbocycles. The molecule has 0 unspecified atom stereocenters. The molecule has 2 aromatic rings. The van der Waals surface area contributed by atoms with Crippen LogP contribution >= 0.6 is 67.3 Å². The van der Waals surface area contributed by atoms with E-state index in [0.29, 0.717) is 0 Å². The molecule has 0 fully saturated rings. The maximum Gasteiger partial charge on any atom is 0.283 e. The van der Waals surface area contributed by atoms with Gasteiger partial charge in [-0.25, -0.2) is 0 Å². The average Bonchev–Trinajstić information content (AvgIpc) is 2.67. The van der Waals surface area contributed by atoms with Crippen molar-refractivity contribution in [3.05, 3.63) is 36.4 Å². The van der Waals surface area contributed by atoms with Crippen molar-refractivity contribution in [3.63, 3.8) is 0 Å². The first kappa shape index (κ1) is 24.3. The molecule has 152 valence electrons. The number of rotatable bonds is 8. The predicted octanol–water partition coefficient (Wildman–Crippen LogP) is 8.71. The lowest BCUT2D eigenvalue weighted by molar-refractivity contribution is 0.266. The van der Waals surface area contributed by atoms with Crippen molar-refractivity contribution in [1.82, 2.24) is 0 Å². The monoisotopic (exact) mass is 492 g/mol. The van der Waals surface area contributed by atoms with E-state index in [0.717, 1.165) is 66.2 Å². The van der Waals surface area contributed by atoms with Crippen molar-refractivity contribution in [3.8, 4) is 0 Å². The lowest BCUT2D eigenvalue weighted by atomic mass is 10.1. The lowest BCUT2D eigenvalue weighted by Crippen LogP contribution is -1.96. The summed E-state index contributed by atoms with van der Waals surface area (Å²) < 4.78 is 10.4. The van der Waals surface area contributed by atoms with Crippen LogP contribution in [0.25, 0.3) is 10.8 Å². The molecule has 0 amide bonds. The van der Waals surface area contributed by atoms with Crippen LogP contribution in [-0.2, 0) is 8.37 Å². The summed E-state index contributed by atoms with van der Waals surface area (Å²) in [4.78, 5) is 25.9. The molecule has 0 aliphatic rings. The van der Waals surface area contributed by atoms with Gasteiger partial charge in [-0.2, -0.15) is 0 Å². The summed E-state index contributed by atoms with van der Waals surface area (Å²) in [5, 5.41) is 2.10. The molecule has 0 aliphatic heterocycles. The molecule has 0 bridgehead atoms. The highest BCUT2D eigenvalue weighted by Crippen LogP contribution is 2.44. The molecule has 0 N–H and O–H groups in total. The highest BCUT2D eigenvalue weighted by Gasteiger charge is 2.14. The predicted molar refractivity (Wildman–Crippen MR) is 129 cm³/mol. The minimum atomic E-state index is -0.0930. The topological polar surface area (TPSA) is 52.6 Å². The molecule has 2 rings (SSSR count). The van der Waals surface area contributed by atoms with E-state index in [-0.39, 0.29) is 21.1 Å². The third-order valence-electron chi connectivity index (χ3n) is 2.86. The normalized spacial score (nSPS) is 11.5. The second kappa shape index (κ2) is 12.7. The molecular weight excluding hydrogens is 473 g/mol. The van der Waals surface area contributed by atoms with E-state index in [4.69, 9.17) is 8.37 Å². The Balaban J connectivity index is 2.03. The fraction of sp³-hybridized carbons (Fsp3) is 0.333. The number of hydrogen-bond acceptors (Lipinski definition) is 10. The largest absolute Gasteiger partial charge is 0.305 e. The molecule has 0 saturated carbocycles. The molecule has 0 atom stereocenters. The van der Waals surface area contributed by atoms with Crippen LogP contribution in [-0.4, -0.2) is 21.1 Å². The van der Waals surface area contributed by atoms with Gasteiger partial charge in [0.05, 0.1) is 36.3 Å². The van der Waals surface area contributed by atoms with Gasteiger partial charge in [0, 0.05) is 31.4 Å². The van der Waals surface area contributed by atoms with E-state index in [1.54, 1.807) is 0 Å². The van der Waals surface area contributed by atoms with Crippen LogP contribution in [0, 0.1) is 0 Å². The molecule has 0 spiro atoms. The number of fused-ring (bicyclic) bond motifs is 1. The van der Waals surface area contributed by atoms with Crippen molar-refractivity contribution in [2.75, 3.05) is 0 Å². The van der Waals surface area contributed by atoms with Crippen molar-refractivity contribution in [1.29, 1.82) is 0 Å². The fourth-order valence-corrected chi connectivity index (χ4v) is 6.88. The van der Waals surface area contributed by atoms with Crippen LogP contribution in [0.1, 0.15) is 27.7 Å². The molecule has 0 radical (unpaired) electrons. The molecule has 28 heavy (non-hydrogen) atoms. The molecular formula is C18H20O4S6. The summed E-state index contributed by atoms with van der Waals surface area (Å²) >= 11 is 1.75. The van der Waals surface area contributed by atoms with E-state index in [2.05, 4.69) is 0 Å². The maximum atomic E-state index is 11.9. The van der Waals surface area contributed by atoms with E-state index < -0.39 is 0 Å². The van der Waals surface area contributed by atoms with E-state index in [1.807, 2.05) is 64.1 Å². The van der Waals surface area contributed by atoms with Crippen molar-refractivity contribution >= 4 is 86.9 Å². The number of carbonyl (C=O) groups excluding carboxylic acids is 2. The smallest absolute Gasteiger partial charge is 0.283 e. The summed E-state index contributed by atoms with van der Waals surface area (Å²) in [6.07, 6.45) is 0.00185. The molecule has 0 aliphatic carbocycles. The highest BCUT2D eigenvalue weighted by atomic mass is 33.1. The Hall–Kier alpha value is 0.0600. The van der Waals surface area contributed by atoms with Gasteiger partial charge in [-0.05, 0) is 72.2 Å². The van der Waals surface area contributed by atoms with Crippen LogP contribution in [0.5, 0.6) is 0 Å². The third-order valence-corrected chi connectivity index (χ3v) is 9.63. The average molecular weight is 493 g/mol. The highest BCUT2D eigenvalue weighted by molar-refractivity contribution is 8.86. The van der Waals surface area contributed by atoms with Gasteiger partial charge in [0.15, 0.2) is 0 Å². The fourth-order valence-electron chi connectivity index (χ4n) is 1.85. The number of benzene rings is 2. The van der Waals surface area contributed by atoms with E-state index >= 15 is 0 Å². The van der Waals surface area contributed by atoms with E-state index in [1.165, 1.54) is 21.6 Å². The van der Waals surface area contributed by atoms with Gasteiger partial charge in [0.25, 0.3) is 8.89 Å². The van der Waals surface area contributed by atoms with Crippen molar-refractivity contribution < 1.29 is 18.0 Å². The Morgan fingerprint density at radius 2 is 1.11 bits per heavy atom. The van der Waals surface area contributed by atoms with Crippen molar-refractivity contribution in [2.45, 2.75) is 49.7 Å². The van der Waals surface area contributed by atoms with Gasteiger partial charge < -0.3 is 8.37 Å². The molecule has 10 heteroatoms. The zero-order valence-electron chi connectivity index (χ0n) is 15.7. The minimum absolute atomic E-state index is 0.000926. The van der Waals surface area contributed by atoms with Crippen molar-refractivity contribution in [2.24, 2.45) is 0 Å². The summed E-state index contributed by atoms with van der Waals surface area (Å²) in [7, 11) is 5.13. The second-order valence-corrected chi connectivity index (χ2v) is 12.2. The molecule has 0 saturated heterocycles. The van der Waals surface area contributed by atoms with Crippen LogP contribution in [0.15, 0.2) is 46.2 Å². The quantitative estimate of drug-likeness (QED) is 0.264. The summed E-state index contributed by atoms with van der Waals surface area (Å²) in [6, 6.07) is 11.9. The molecule has 0 aromatic heterocycles. The Morgan fingerprint density at radius 1 is 0.714 bits per heavy atom. The first-order valence-electron chi connectivity index (χ1n) is 8.32.